The number of ether oxygens (including phenoxy) is 1. The lowest BCUT2D eigenvalue weighted by atomic mass is 10.1. The molecule has 0 radical (unpaired) electrons. The second kappa shape index (κ2) is 5.05. The van der Waals surface area contributed by atoms with Crippen molar-refractivity contribution in [1.29, 1.82) is 0 Å². The molecule has 4 heteroatoms. The van der Waals surface area contributed by atoms with Crippen molar-refractivity contribution in [2.24, 2.45) is 0 Å². The predicted octanol–water partition coefficient (Wildman–Crippen LogP) is 3.70. The van der Waals surface area contributed by atoms with E-state index in [0.29, 0.717) is 0 Å². The quantitative estimate of drug-likeness (QED) is 0.736. The van der Waals surface area contributed by atoms with Crippen molar-refractivity contribution in [3.05, 3.63) is 64.7 Å². The molecule has 2 aromatic heterocycles. The molecule has 0 fully saturated rings. The van der Waals surface area contributed by atoms with Gasteiger partial charge in [-0.05, 0) is 45.8 Å². The third-order valence-corrected chi connectivity index (χ3v) is 3.68. The lowest BCUT2D eigenvalue weighted by molar-refractivity contribution is 0.414. The van der Waals surface area contributed by atoms with Crippen LogP contribution >= 0.6 is 15.9 Å². The Morgan fingerprint density at radius 3 is 2.68 bits per heavy atom. The first-order valence-electron chi connectivity index (χ1n) is 6.02. The van der Waals surface area contributed by atoms with Crippen LogP contribution in [0.1, 0.15) is 11.4 Å². The summed E-state index contributed by atoms with van der Waals surface area (Å²) in [6.07, 6.45) is 2.83. The van der Waals surface area contributed by atoms with E-state index >= 15 is 0 Å². The number of rotatable bonds is 3. The first kappa shape index (κ1) is 12.2. The maximum atomic E-state index is 5.17. The number of hydrogen-bond acceptors (Lipinski definition) is 2. The Labute approximate surface area is 120 Å². The van der Waals surface area contributed by atoms with Crippen LogP contribution in [0, 0.1) is 0 Å². The van der Waals surface area contributed by atoms with E-state index in [-0.39, 0.29) is 0 Å². The van der Waals surface area contributed by atoms with Gasteiger partial charge in [0.05, 0.1) is 12.6 Å². The van der Waals surface area contributed by atoms with E-state index in [4.69, 9.17) is 4.74 Å². The number of hydrogen-bond donors (Lipinski definition) is 0. The van der Waals surface area contributed by atoms with E-state index in [1.807, 2.05) is 30.5 Å². The van der Waals surface area contributed by atoms with Crippen LogP contribution in [0.2, 0.25) is 0 Å². The van der Waals surface area contributed by atoms with Crippen molar-refractivity contribution in [1.82, 2.24) is 9.38 Å². The van der Waals surface area contributed by atoms with Crippen LogP contribution in [-0.4, -0.2) is 16.5 Å². The SMILES string of the molecule is COc1ccc(Cc2nc(Br)c3ccccn23)cc1. The van der Waals surface area contributed by atoms with Gasteiger partial charge in [0.1, 0.15) is 16.2 Å². The van der Waals surface area contributed by atoms with Crippen molar-refractivity contribution in [2.45, 2.75) is 6.42 Å². The van der Waals surface area contributed by atoms with Gasteiger partial charge < -0.3 is 9.14 Å². The highest BCUT2D eigenvalue weighted by molar-refractivity contribution is 9.10. The summed E-state index contributed by atoms with van der Waals surface area (Å²) >= 11 is 3.50. The van der Waals surface area contributed by atoms with Crippen molar-refractivity contribution in [3.63, 3.8) is 0 Å². The van der Waals surface area contributed by atoms with E-state index in [9.17, 15) is 0 Å². The van der Waals surface area contributed by atoms with E-state index in [1.54, 1.807) is 7.11 Å². The van der Waals surface area contributed by atoms with Crippen LogP contribution in [0.3, 0.4) is 0 Å². The fourth-order valence-corrected chi connectivity index (χ4v) is 2.64. The normalized spacial score (nSPS) is 10.8. The summed E-state index contributed by atoms with van der Waals surface area (Å²) in [5.74, 6) is 1.89. The van der Waals surface area contributed by atoms with Gasteiger partial charge in [0, 0.05) is 12.6 Å². The van der Waals surface area contributed by atoms with Crippen LogP contribution in [0.25, 0.3) is 5.52 Å². The van der Waals surface area contributed by atoms with Crippen LogP contribution in [-0.2, 0) is 6.42 Å². The van der Waals surface area contributed by atoms with Crippen LogP contribution in [0.4, 0.5) is 0 Å². The minimum atomic E-state index is 0.792. The molecule has 0 aliphatic heterocycles. The van der Waals surface area contributed by atoms with Gasteiger partial charge in [-0.25, -0.2) is 4.98 Å². The Hall–Kier alpha value is -1.81. The highest BCUT2D eigenvalue weighted by Crippen LogP contribution is 2.21. The highest BCUT2D eigenvalue weighted by atomic mass is 79.9. The standard InChI is InChI=1S/C15H13BrN2O/c1-19-12-7-5-11(6-8-12)10-14-17-15(16)13-4-2-3-9-18(13)14/h2-9H,10H2,1H3. The van der Waals surface area contributed by atoms with Crippen LogP contribution in [0.5, 0.6) is 5.75 Å². The number of fused-ring (bicyclic) bond motifs is 1. The zero-order valence-electron chi connectivity index (χ0n) is 10.5. The van der Waals surface area contributed by atoms with E-state index in [2.05, 4.69) is 43.5 Å². The minimum Gasteiger partial charge on any atom is -0.497 e. The van der Waals surface area contributed by atoms with E-state index < -0.39 is 0 Å². The third kappa shape index (κ3) is 2.36. The van der Waals surface area contributed by atoms with Gasteiger partial charge in [-0.15, -0.1) is 0 Å². The second-order valence-corrected chi connectivity index (χ2v) is 5.05. The second-order valence-electron chi connectivity index (χ2n) is 4.30. The summed E-state index contributed by atoms with van der Waals surface area (Å²) in [6, 6.07) is 14.2. The Balaban J connectivity index is 1.96. The molecule has 19 heavy (non-hydrogen) atoms. The van der Waals surface area contributed by atoms with Gasteiger partial charge in [-0.3, -0.25) is 0 Å². The zero-order valence-corrected chi connectivity index (χ0v) is 12.1. The topological polar surface area (TPSA) is 26.5 Å². The number of aromatic nitrogens is 2. The van der Waals surface area contributed by atoms with Gasteiger partial charge in [0.15, 0.2) is 0 Å². The number of halogens is 1. The fourth-order valence-electron chi connectivity index (χ4n) is 2.11. The molecule has 2 heterocycles. The van der Waals surface area contributed by atoms with Gasteiger partial charge in [-0.2, -0.15) is 0 Å². The Morgan fingerprint density at radius 2 is 1.95 bits per heavy atom. The number of nitrogens with zero attached hydrogens (tertiary/aromatic N) is 2. The van der Waals surface area contributed by atoms with Crippen molar-refractivity contribution in [2.75, 3.05) is 7.11 Å². The highest BCUT2D eigenvalue weighted by Gasteiger charge is 2.08. The fraction of sp³-hybridized carbons (Fsp3) is 0.133. The molecule has 96 valence electrons. The third-order valence-electron chi connectivity index (χ3n) is 3.10. The number of benzene rings is 1. The number of imidazole rings is 1. The molecular formula is C15H13BrN2O. The molecule has 0 N–H and O–H groups in total. The molecule has 0 bridgehead atoms. The molecule has 0 spiro atoms. The molecular weight excluding hydrogens is 304 g/mol. The number of pyridine rings is 1. The summed E-state index contributed by atoms with van der Waals surface area (Å²) in [6.45, 7) is 0. The Kier molecular flexibility index (Phi) is 3.25. The van der Waals surface area contributed by atoms with Gasteiger partial charge in [0.25, 0.3) is 0 Å². The minimum absolute atomic E-state index is 0.792. The summed E-state index contributed by atoms with van der Waals surface area (Å²) in [5.41, 5.74) is 2.30. The van der Waals surface area contributed by atoms with Crippen molar-refractivity contribution >= 4 is 21.4 Å². The molecule has 0 saturated carbocycles. The van der Waals surface area contributed by atoms with Crippen LogP contribution in [0.15, 0.2) is 53.3 Å². The van der Waals surface area contributed by atoms with Crippen molar-refractivity contribution < 1.29 is 4.74 Å². The Bertz CT molecular complexity index is 704. The smallest absolute Gasteiger partial charge is 0.132 e. The summed E-state index contributed by atoms with van der Waals surface area (Å²) < 4.78 is 8.16. The molecule has 3 aromatic rings. The van der Waals surface area contributed by atoms with Gasteiger partial charge in [0.2, 0.25) is 0 Å². The molecule has 0 amide bonds. The maximum Gasteiger partial charge on any atom is 0.132 e. The first-order chi connectivity index (χ1) is 9.28. The van der Waals surface area contributed by atoms with Gasteiger partial charge in [-0.1, -0.05) is 18.2 Å². The lowest BCUT2D eigenvalue weighted by Gasteiger charge is -2.03. The Morgan fingerprint density at radius 1 is 1.16 bits per heavy atom. The van der Waals surface area contributed by atoms with E-state index in [0.717, 1.165) is 28.1 Å². The molecule has 0 unspecified atom stereocenters. The van der Waals surface area contributed by atoms with Crippen LogP contribution < -0.4 is 4.74 Å². The lowest BCUT2D eigenvalue weighted by Crippen LogP contribution is -1.96. The molecule has 0 aliphatic carbocycles. The predicted molar refractivity (Wildman–Crippen MR) is 78.7 cm³/mol. The molecule has 0 atom stereocenters. The molecule has 3 rings (SSSR count). The monoisotopic (exact) mass is 316 g/mol. The largest absolute Gasteiger partial charge is 0.497 e. The van der Waals surface area contributed by atoms with Crippen molar-refractivity contribution in [3.8, 4) is 5.75 Å². The molecule has 1 aromatic carbocycles. The molecule has 0 saturated heterocycles. The average molecular weight is 317 g/mol. The van der Waals surface area contributed by atoms with Gasteiger partial charge >= 0.3 is 0 Å². The number of methoxy groups -OCH3 is 1. The summed E-state index contributed by atoms with van der Waals surface area (Å²) in [7, 11) is 1.67. The summed E-state index contributed by atoms with van der Waals surface area (Å²) in [5, 5.41) is 0. The summed E-state index contributed by atoms with van der Waals surface area (Å²) in [4.78, 5) is 4.58. The molecule has 3 nitrogen and oxygen atoms in total. The maximum absolute atomic E-state index is 5.17. The van der Waals surface area contributed by atoms with E-state index in [1.165, 1.54) is 5.56 Å². The molecule has 0 aliphatic rings. The average Bonchev–Trinajstić information content (AvgIpc) is 2.77. The first-order valence-corrected chi connectivity index (χ1v) is 6.81. The zero-order chi connectivity index (χ0) is 13.2.